The molecule has 0 bridgehead atoms. The van der Waals surface area contributed by atoms with Crippen molar-refractivity contribution in [1.29, 1.82) is 0 Å². The second kappa shape index (κ2) is 4.94. The van der Waals surface area contributed by atoms with Crippen LogP contribution in [0.5, 0.6) is 0 Å². The smallest absolute Gasteiger partial charge is 0.143 e. The molecule has 1 aromatic carbocycles. The molecule has 0 aliphatic carbocycles. The Hall–Kier alpha value is -0.120. The summed E-state index contributed by atoms with van der Waals surface area (Å²) in [4.78, 5) is 0. The lowest BCUT2D eigenvalue weighted by Gasteiger charge is -2.04. The van der Waals surface area contributed by atoms with Gasteiger partial charge in [-0.2, -0.15) is 0 Å². The molecule has 1 N–H and O–H groups in total. The highest BCUT2D eigenvalue weighted by atomic mass is 79.9. The van der Waals surface area contributed by atoms with Crippen LogP contribution in [0.4, 0.5) is 4.39 Å². The molecular formula is C9H10BrClFN. The van der Waals surface area contributed by atoms with E-state index in [9.17, 15) is 4.39 Å². The highest BCUT2D eigenvalue weighted by Gasteiger charge is 2.06. The summed E-state index contributed by atoms with van der Waals surface area (Å²) in [7, 11) is 1.86. The lowest BCUT2D eigenvalue weighted by molar-refractivity contribution is 0.624. The third kappa shape index (κ3) is 2.93. The number of hydrogen-bond acceptors (Lipinski definition) is 1. The second-order valence-electron chi connectivity index (χ2n) is 2.73. The number of benzene rings is 1. The first-order chi connectivity index (χ1) is 6.15. The van der Waals surface area contributed by atoms with Crippen molar-refractivity contribution in [1.82, 2.24) is 5.32 Å². The molecule has 72 valence electrons. The van der Waals surface area contributed by atoms with Crippen molar-refractivity contribution in [2.75, 3.05) is 13.6 Å². The Bertz CT molecular complexity index is 281. The van der Waals surface area contributed by atoms with Gasteiger partial charge in [0.25, 0.3) is 0 Å². The van der Waals surface area contributed by atoms with E-state index in [2.05, 4.69) is 21.2 Å². The van der Waals surface area contributed by atoms with Gasteiger partial charge in [-0.15, -0.1) is 0 Å². The minimum Gasteiger partial charge on any atom is -0.319 e. The molecule has 1 rings (SSSR count). The highest BCUT2D eigenvalue weighted by molar-refractivity contribution is 9.10. The molecule has 0 amide bonds. The zero-order valence-electron chi connectivity index (χ0n) is 7.20. The van der Waals surface area contributed by atoms with Crippen molar-refractivity contribution in [3.05, 3.63) is 33.0 Å². The fourth-order valence-corrected chi connectivity index (χ4v) is 1.61. The summed E-state index contributed by atoms with van der Waals surface area (Å²) in [6, 6.07) is 3.30. The molecule has 0 saturated heterocycles. The fraction of sp³-hybridized carbons (Fsp3) is 0.333. The van der Waals surface area contributed by atoms with E-state index in [0.717, 1.165) is 18.5 Å². The van der Waals surface area contributed by atoms with Crippen LogP contribution in [0.25, 0.3) is 0 Å². The minimum atomic E-state index is -0.373. The van der Waals surface area contributed by atoms with E-state index in [-0.39, 0.29) is 10.8 Å². The Morgan fingerprint density at radius 3 is 2.77 bits per heavy atom. The van der Waals surface area contributed by atoms with Crippen molar-refractivity contribution in [2.45, 2.75) is 6.42 Å². The molecule has 13 heavy (non-hydrogen) atoms. The second-order valence-corrected chi connectivity index (χ2v) is 3.96. The Morgan fingerprint density at radius 2 is 2.23 bits per heavy atom. The van der Waals surface area contributed by atoms with Crippen LogP contribution in [0, 0.1) is 5.82 Å². The van der Waals surface area contributed by atoms with E-state index < -0.39 is 0 Å². The summed E-state index contributed by atoms with van der Waals surface area (Å²) in [5.41, 5.74) is 0.933. The molecular weight excluding hydrogens is 256 g/mol. The molecule has 1 nitrogen and oxygen atoms in total. The first-order valence-electron chi connectivity index (χ1n) is 3.93. The highest BCUT2D eigenvalue weighted by Crippen LogP contribution is 2.26. The van der Waals surface area contributed by atoms with Crippen LogP contribution in [-0.2, 0) is 6.42 Å². The van der Waals surface area contributed by atoms with Crippen molar-refractivity contribution < 1.29 is 4.39 Å². The third-order valence-electron chi connectivity index (χ3n) is 1.71. The predicted octanol–water partition coefficient (Wildman–Crippen LogP) is 3.00. The van der Waals surface area contributed by atoms with Gasteiger partial charge in [0, 0.05) is 4.47 Å². The predicted molar refractivity (Wildman–Crippen MR) is 56.7 cm³/mol. The zero-order chi connectivity index (χ0) is 9.84. The van der Waals surface area contributed by atoms with Gasteiger partial charge in [0.05, 0.1) is 5.02 Å². The van der Waals surface area contributed by atoms with E-state index in [4.69, 9.17) is 11.6 Å². The van der Waals surface area contributed by atoms with Gasteiger partial charge >= 0.3 is 0 Å². The van der Waals surface area contributed by atoms with Gasteiger partial charge in [0.15, 0.2) is 0 Å². The van der Waals surface area contributed by atoms with E-state index in [1.54, 1.807) is 0 Å². The summed E-state index contributed by atoms with van der Waals surface area (Å²) in [5, 5.41) is 3.15. The Balaban J connectivity index is 2.86. The number of hydrogen-bond donors (Lipinski definition) is 1. The van der Waals surface area contributed by atoms with Gasteiger partial charge in [0.2, 0.25) is 0 Å². The third-order valence-corrected chi connectivity index (χ3v) is 2.95. The molecule has 1 aromatic rings. The van der Waals surface area contributed by atoms with Crippen LogP contribution in [0.3, 0.4) is 0 Å². The Morgan fingerprint density at radius 1 is 1.54 bits per heavy atom. The standard InChI is InChI=1S/C9H10BrClFN/c1-13-3-2-6-4-7(10)9(11)8(12)5-6/h4-5,13H,2-3H2,1H3. The van der Waals surface area contributed by atoms with Gasteiger partial charge in [-0.3, -0.25) is 0 Å². The Labute approximate surface area is 90.4 Å². The van der Waals surface area contributed by atoms with Gasteiger partial charge in [-0.25, -0.2) is 4.39 Å². The summed E-state index contributed by atoms with van der Waals surface area (Å²) < 4.78 is 13.7. The molecule has 0 aliphatic heterocycles. The average Bonchev–Trinajstić information content (AvgIpc) is 2.10. The SMILES string of the molecule is CNCCc1cc(F)c(Cl)c(Br)c1. The first kappa shape index (κ1) is 11.0. The molecule has 0 atom stereocenters. The van der Waals surface area contributed by atoms with Crippen molar-refractivity contribution in [3.8, 4) is 0 Å². The van der Waals surface area contributed by atoms with Gasteiger partial charge in [0.1, 0.15) is 5.82 Å². The molecule has 0 fully saturated rings. The van der Waals surface area contributed by atoms with Crippen LogP contribution in [-0.4, -0.2) is 13.6 Å². The van der Waals surface area contributed by atoms with E-state index in [1.165, 1.54) is 6.07 Å². The lowest BCUT2D eigenvalue weighted by Crippen LogP contribution is -2.10. The largest absolute Gasteiger partial charge is 0.319 e. The molecule has 0 unspecified atom stereocenters. The molecule has 0 saturated carbocycles. The van der Waals surface area contributed by atoms with Crippen molar-refractivity contribution >= 4 is 27.5 Å². The minimum absolute atomic E-state index is 0.146. The number of rotatable bonds is 3. The van der Waals surface area contributed by atoms with E-state index >= 15 is 0 Å². The number of nitrogens with one attached hydrogen (secondary N) is 1. The fourth-order valence-electron chi connectivity index (χ4n) is 1.02. The quantitative estimate of drug-likeness (QED) is 0.829. The molecule has 4 heteroatoms. The molecule has 0 aromatic heterocycles. The van der Waals surface area contributed by atoms with Gasteiger partial charge in [-0.05, 0) is 53.6 Å². The Kier molecular flexibility index (Phi) is 4.16. The molecule has 0 radical (unpaired) electrons. The van der Waals surface area contributed by atoms with Gasteiger partial charge < -0.3 is 5.32 Å². The van der Waals surface area contributed by atoms with Crippen LogP contribution < -0.4 is 5.32 Å². The summed E-state index contributed by atoms with van der Waals surface area (Å²) in [5.74, 6) is -0.373. The number of likely N-dealkylation sites (N-methyl/N-ethyl adjacent to an activating group) is 1. The van der Waals surface area contributed by atoms with E-state index in [1.807, 2.05) is 13.1 Å². The molecule has 0 heterocycles. The van der Waals surface area contributed by atoms with E-state index in [0.29, 0.717) is 4.47 Å². The maximum Gasteiger partial charge on any atom is 0.143 e. The van der Waals surface area contributed by atoms with Crippen LogP contribution >= 0.6 is 27.5 Å². The topological polar surface area (TPSA) is 12.0 Å². The maximum absolute atomic E-state index is 13.1. The summed E-state index contributed by atoms with van der Waals surface area (Å²) in [6.45, 7) is 0.827. The number of halogens is 3. The van der Waals surface area contributed by atoms with Crippen LogP contribution in [0.15, 0.2) is 16.6 Å². The normalized spacial score (nSPS) is 10.5. The zero-order valence-corrected chi connectivity index (χ0v) is 9.54. The maximum atomic E-state index is 13.1. The summed E-state index contributed by atoms with van der Waals surface area (Å²) >= 11 is 8.84. The van der Waals surface area contributed by atoms with Crippen LogP contribution in [0.1, 0.15) is 5.56 Å². The molecule has 0 spiro atoms. The van der Waals surface area contributed by atoms with Crippen molar-refractivity contribution in [3.63, 3.8) is 0 Å². The van der Waals surface area contributed by atoms with Gasteiger partial charge in [-0.1, -0.05) is 11.6 Å². The first-order valence-corrected chi connectivity index (χ1v) is 5.10. The monoisotopic (exact) mass is 265 g/mol. The summed E-state index contributed by atoms with van der Waals surface area (Å²) in [6.07, 6.45) is 0.795. The average molecular weight is 267 g/mol. The van der Waals surface area contributed by atoms with Crippen LogP contribution in [0.2, 0.25) is 5.02 Å². The lowest BCUT2D eigenvalue weighted by atomic mass is 10.1. The van der Waals surface area contributed by atoms with Crippen molar-refractivity contribution in [2.24, 2.45) is 0 Å². The molecule has 0 aliphatic rings.